The highest BCUT2D eigenvalue weighted by Crippen LogP contribution is 2.23. The first-order chi connectivity index (χ1) is 6.91. The molecule has 0 saturated heterocycles. The predicted octanol–water partition coefficient (Wildman–Crippen LogP) is 2.41. The fraction of sp³-hybridized carbons (Fsp3) is 0.545. The molecular weight excluding hydrogens is 208 g/mol. The third-order valence-corrected chi connectivity index (χ3v) is 3.60. The lowest BCUT2D eigenvalue weighted by atomic mass is 10.1. The summed E-state index contributed by atoms with van der Waals surface area (Å²) in [5.74, 6) is 0.411. The molecule has 1 aromatic rings. The van der Waals surface area contributed by atoms with Crippen LogP contribution in [0.2, 0.25) is 0 Å². The normalized spacial score (nSPS) is 12.9. The monoisotopic (exact) mass is 226 g/mol. The van der Waals surface area contributed by atoms with Gasteiger partial charge in [-0.25, -0.2) is 0 Å². The number of carbonyl (C=O) groups excluding carboxylic acids is 1. The lowest BCUT2D eigenvalue weighted by Crippen LogP contribution is -2.35. The molecule has 0 aliphatic rings. The molecule has 0 spiro atoms. The molecule has 4 heteroatoms. The molecule has 0 aromatic carbocycles. The van der Waals surface area contributed by atoms with Crippen LogP contribution in [0.3, 0.4) is 0 Å². The molecule has 1 atom stereocenters. The van der Waals surface area contributed by atoms with Crippen molar-refractivity contribution < 1.29 is 4.79 Å². The van der Waals surface area contributed by atoms with Crippen LogP contribution in [0, 0.1) is 12.8 Å². The van der Waals surface area contributed by atoms with Crippen molar-refractivity contribution in [3.63, 3.8) is 0 Å². The van der Waals surface area contributed by atoms with Gasteiger partial charge in [-0.3, -0.25) is 4.79 Å². The first-order valence-electron chi connectivity index (χ1n) is 5.08. The van der Waals surface area contributed by atoms with Crippen LogP contribution in [0.15, 0.2) is 6.07 Å². The van der Waals surface area contributed by atoms with E-state index in [4.69, 9.17) is 5.73 Å². The van der Waals surface area contributed by atoms with Crippen molar-refractivity contribution in [1.82, 2.24) is 5.32 Å². The molecule has 0 radical (unpaired) electrons. The topological polar surface area (TPSA) is 55.1 Å². The van der Waals surface area contributed by atoms with Crippen LogP contribution in [-0.2, 0) is 0 Å². The van der Waals surface area contributed by atoms with Crippen LogP contribution in [0.4, 0.5) is 5.69 Å². The quantitative estimate of drug-likeness (QED) is 0.831. The van der Waals surface area contributed by atoms with Crippen LogP contribution in [-0.4, -0.2) is 11.9 Å². The molecule has 3 nitrogen and oxygen atoms in total. The number of amides is 1. The van der Waals surface area contributed by atoms with E-state index in [0.29, 0.717) is 16.5 Å². The molecule has 1 unspecified atom stereocenters. The molecule has 0 aliphatic carbocycles. The van der Waals surface area contributed by atoms with Gasteiger partial charge in [0.1, 0.15) is 0 Å². The molecule has 15 heavy (non-hydrogen) atoms. The third kappa shape index (κ3) is 2.96. The van der Waals surface area contributed by atoms with Crippen LogP contribution in [0.1, 0.15) is 35.3 Å². The Balaban J connectivity index is 2.69. The van der Waals surface area contributed by atoms with Gasteiger partial charge in [0.15, 0.2) is 0 Å². The van der Waals surface area contributed by atoms with Crippen molar-refractivity contribution in [2.24, 2.45) is 5.92 Å². The summed E-state index contributed by atoms with van der Waals surface area (Å²) in [6, 6.07) is 1.92. The maximum absolute atomic E-state index is 11.8. The zero-order valence-corrected chi connectivity index (χ0v) is 10.4. The second-order valence-corrected chi connectivity index (χ2v) is 5.38. The van der Waals surface area contributed by atoms with Gasteiger partial charge >= 0.3 is 0 Å². The van der Waals surface area contributed by atoms with Gasteiger partial charge in [-0.15, -0.1) is 11.3 Å². The van der Waals surface area contributed by atoms with Gasteiger partial charge in [0.05, 0.1) is 4.88 Å². The number of thiophene rings is 1. The van der Waals surface area contributed by atoms with Gasteiger partial charge in [0, 0.05) is 16.6 Å². The van der Waals surface area contributed by atoms with E-state index in [0.717, 1.165) is 4.88 Å². The third-order valence-electron chi connectivity index (χ3n) is 2.54. The first kappa shape index (κ1) is 12.0. The van der Waals surface area contributed by atoms with E-state index in [2.05, 4.69) is 19.2 Å². The second kappa shape index (κ2) is 4.66. The lowest BCUT2D eigenvalue weighted by molar-refractivity contribution is 0.0934. The van der Waals surface area contributed by atoms with Gasteiger partial charge in [0.2, 0.25) is 0 Å². The molecule has 84 valence electrons. The number of rotatable bonds is 3. The van der Waals surface area contributed by atoms with Crippen molar-refractivity contribution >= 4 is 22.9 Å². The minimum Gasteiger partial charge on any atom is -0.398 e. The summed E-state index contributed by atoms with van der Waals surface area (Å²) in [6.07, 6.45) is 0. The molecule has 0 fully saturated rings. The highest BCUT2D eigenvalue weighted by atomic mass is 32.1. The zero-order chi connectivity index (χ0) is 11.6. The molecular formula is C11H18N2OS. The maximum atomic E-state index is 11.8. The molecule has 1 amide bonds. The Labute approximate surface area is 94.7 Å². The SMILES string of the molecule is Cc1sc(C(=O)NC(C)C(C)C)cc1N. The Hall–Kier alpha value is -1.03. The van der Waals surface area contributed by atoms with Gasteiger partial charge in [-0.2, -0.15) is 0 Å². The number of hydrogen-bond acceptors (Lipinski definition) is 3. The molecule has 1 aromatic heterocycles. The highest BCUT2D eigenvalue weighted by molar-refractivity contribution is 7.14. The average Bonchev–Trinajstić information content (AvgIpc) is 2.46. The number of nitrogen functional groups attached to an aromatic ring is 1. The van der Waals surface area contributed by atoms with Gasteiger partial charge in [-0.05, 0) is 25.8 Å². The van der Waals surface area contributed by atoms with Crippen molar-refractivity contribution in [3.8, 4) is 0 Å². The van der Waals surface area contributed by atoms with Gasteiger partial charge < -0.3 is 11.1 Å². The minimum atomic E-state index is -0.0269. The van der Waals surface area contributed by atoms with E-state index >= 15 is 0 Å². The Morgan fingerprint density at radius 1 is 1.47 bits per heavy atom. The van der Waals surface area contributed by atoms with Crippen molar-refractivity contribution in [2.75, 3.05) is 5.73 Å². The number of aryl methyl sites for hydroxylation is 1. The molecule has 1 rings (SSSR count). The summed E-state index contributed by atoms with van der Waals surface area (Å²) < 4.78 is 0. The average molecular weight is 226 g/mol. The van der Waals surface area contributed by atoms with E-state index in [1.165, 1.54) is 11.3 Å². The second-order valence-electron chi connectivity index (χ2n) is 4.13. The summed E-state index contributed by atoms with van der Waals surface area (Å²) in [6.45, 7) is 8.09. The fourth-order valence-corrected chi connectivity index (χ4v) is 1.90. The number of carbonyl (C=O) groups is 1. The van der Waals surface area contributed by atoms with Crippen molar-refractivity contribution in [1.29, 1.82) is 0 Å². The van der Waals surface area contributed by atoms with E-state index in [-0.39, 0.29) is 11.9 Å². The molecule has 0 aliphatic heterocycles. The largest absolute Gasteiger partial charge is 0.398 e. The van der Waals surface area contributed by atoms with E-state index in [1.807, 2.05) is 13.8 Å². The Morgan fingerprint density at radius 2 is 2.07 bits per heavy atom. The van der Waals surface area contributed by atoms with Crippen LogP contribution >= 0.6 is 11.3 Å². The molecule has 3 N–H and O–H groups in total. The van der Waals surface area contributed by atoms with Crippen molar-refractivity contribution in [3.05, 3.63) is 15.8 Å². The first-order valence-corrected chi connectivity index (χ1v) is 5.90. The van der Waals surface area contributed by atoms with Crippen molar-refractivity contribution in [2.45, 2.75) is 33.7 Å². The summed E-state index contributed by atoms with van der Waals surface area (Å²) >= 11 is 1.44. The standard InChI is InChI=1S/C11H18N2OS/c1-6(2)7(3)13-11(14)10-5-9(12)8(4)15-10/h5-7H,12H2,1-4H3,(H,13,14). The number of hydrogen-bond donors (Lipinski definition) is 2. The number of nitrogens with two attached hydrogens (primary N) is 1. The van der Waals surface area contributed by atoms with E-state index in [9.17, 15) is 4.79 Å². The zero-order valence-electron chi connectivity index (χ0n) is 9.63. The number of anilines is 1. The fourth-order valence-electron chi connectivity index (χ4n) is 1.05. The Bertz CT molecular complexity index is 338. The molecule has 1 heterocycles. The van der Waals surface area contributed by atoms with E-state index in [1.54, 1.807) is 6.07 Å². The van der Waals surface area contributed by atoms with Crippen LogP contribution < -0.4 is 11.1 Å². The Kier molecular flexibility index (Phi) is 3.74. The highest BCUT2D eigenvalue weighted by Gasteiger charge is 2.14. The Morgan fingerprint density at radius 3 is 2.47 bits per heavy atom. The van der Waals surface area contributed by atoms with Gasteiger partial charge in [0.25, 0.3) is 5.91 Å². The number of nitrogens with one attached hydrogen (secondary N) is 1. The van der Waals surface area contributed by atoms with Gasteiger partial charge in [-0.1, -0.05) is 13.8 Å². The lowest BCUT2D eigenvalue weighted by Gasteiger charge is -2.16. The molecule has 0 bridgehead atoms. The van der Waals surface area contributed by atoms with Crippen LogP contribution in [0.25, 0.3) is 0 Å². The van der Waals surface area contributed by atoms with Crippen LogP contribution in [0.5, 0.6) is 0 Å². The minimum absolute atomic E-state index is 0.0269. The smallest absolute Gasteiger partial charge is 0.261 e. The summed E-state index contributed by atoms with van der Waals surface area (Å²) in [7, 11) is 0. The summed E-state index contributed by atoms with van der Waals surface area (Å²) in [5, 5.41) is 2.95. The summed E-state index contributed by atoms with van der Waals surface area (Å²) in [5.41, 5.74) is 6.40. The van der Waals surface area contributed by atoms with E-state index < -0.39 is 0 Å². The predicted molar refractivity (Wildman–Crippen MR) is 65.2 cm³/mol. The summed E-state index contributed by atoms with van der Waals surface area (Å²) in [4.78, 5) is 13.5. The maximum Gasteiger partial charge on any atom is 0.261 e. The molecule has 0 saturated carbocycles.